The van der Waals surface area contributed by atoms with Crippen molar-refractivity contribution in [2.75, 3.05) is 0 Å². The van der Waals surface area contributed by atoms with E-state index in [2.05, 4.69) is 45.0 Å². The minimum absolute atomic E-state index is 0.659. The monoisotopic (exact) mass is 260 g/mol. The quantitative estimate of drug-likeness (QED) is 0.649. The Hall–Kier alpha value is -1.27. The molecule has 96 valence electrons. The molecule has 18 heavy (non-hydrogen) atoms. The molecule has 0 fully saturated rings. The smallest absolute Gasteiger partial charge is 0.0406 e. The maximum Gasteiger partial charge on any atom is 0.0406 e. The standard InChI is InChI=1S/C9H12.C8H9Cl/c1-8(2)9-6-4-3-5-7-9;1-2-7-3-5-8(9)6-4-7/h3-8H,1-2H3;3-6H,2H2,1H3. The molecule has 2 rings (SSSR count). The van der Waals surface area contributed by atoms with Gasteiger partial charge in [0.05, 0.1) is 0 Å². The molecular weight excluding hydrogens is 240 g/mol. The lowest BCUT2D eigenvalue weighted by atomic mass is 10.0. The van der Waals surface area contributed by atoms with Gasteiger partial charge in [-0.15, -0.1) is 0 Å². The van der Waals surface area contributed by atoms with E-state index in [1.165, 1.54) is 11.1 Å². The average Bonchev–Trinajstić information content (AvgIpc) is 2.41. The maximum absolute atomic E-state index is 5.67. The van der Waals surface area contributed by atoms with Crippen LogP contribution in [-0.4, -0.2) is 0 Å². The summed E-state index contributed by atoms with van der Waals surface area (Å²) < 4.78 is 0. The van der Waals surface area contributed by atoms with E-state index in [0.29, 0.717) is 5.92 Å². The zero-order valence-electron chi connectivity index (χ0n) is 11.4. The van der Waals surface area contributed by atoms with Crippen molar-refractivity contribution >= 4 is 11.6 Å². The van der Waals surface area contributed by atoms with Crippen molar-refractivity contribution < 1.29 is 0 Å². The molecule has 0 nitrogen and oxygen atoms in total. The number of benzene rings is 2. The van der Waals surface area contributed by atoms with Crippen molar-refractivity contribution in [3.63, 3.8) is 0 Å². The van der Waals surface area contributed by atoms with Gasteiger partial charge in [-0.1, -0.05) is 74.8 Å². The fourth-order valence-corrected chi connectivity index (χ4v) is 1.68. The van der Waals surface area contributed by atoms with E-state index in [1.807, 2.05) is 30.3 Å². The first-order chi connectivity index (χ1) is 8.63. The first-order valence-corrected chi connectivity index (χ1v) is 6.80. The molecule has 0 amide bonds. The molecule has 0 N–H and O–H groups in total. The van der Waals surface area contributed by atoms with Gasteiger partial charge in [-0.3, -0.25) is 0 Å². The molecule has 0 spiro atoms. The van der Waals surface area contributed by atoms with Crippen LogP contribution in [0.15, 0.2) is 54.6 Å². The van der Waals surface area contributed by atoms with Crippen LogP contribution in [0.25, 0.3) is 0 Å². The second kappa shape index (κ2) is 7.94. The molecule has 0 aliphatic heterocycles. The number of hydrogen-bond acceptors (Lipinski definition) is 0. The van der Waals surface area contributed by atoms with Gasteiger partial charge in [0.25, 0.3) is 0 Å². The van der Waals surface area contributed by atoms with Gasteiger partial charge < -0.3 is 0 Å². The number of halogens is 1. The highest BCUT2D eigenvalue weighted by Gasteiger charge is 1.93. The lowest BCUT2D eigenvalue weighted by Gasteiger charge is -2.01. The van der Waals surface area contributed by atoms with Crippen LogP contribution in [0.2, 0.25) is 5.02 Å². The Balaban J connectivity index is 0.000000180. The molecule has 0 saturated carbocycles. The zero-order valence-corrected chi connectivity index (χ0v) is 12.1. The number of rotatable bonds is 2. The summed E-state index contributed by atoms with van der Waals surface area (Å²) in [6.45, 7) is 6.54. The third kappa shape index (κ3) is 5.37. The molecular formula is C17H21Cl. The SMILES string of the molecule is CC(C)c1ccccc1.CCc1ccc(Cl)cc1. The lowest BCUT2D eigenvalue weighted by Crippen LogP contribution is -1.83. The molecule has 2 aromatic carbocycles. The van der Waals surface area contributed by atoms with E-state index in [-0.39, 0.29) is 0 Å². The van der Waals surface area contributed by atoms with Gasteiger partial charge in [0.1, 0.15) is 0 Å². The molecule has 0 aromatic heterocycles. The summed E-state index contributed by atoms with van der Waals surface area (Å²) in [5.74, 6) is 0.659. The van der Waals surface area contributed by atoms with Crippen LogP contribution in [0.4, 0.5) is 0 Å². The predicted octanol–water partition coefficient (Wildman–Crippen LogP) is 5.71. The number of hydrogen-bond donors (Lipinski definition) is 0. The van der Waals surface area contributed by atoms with Crippen LogP contribution in [-0.2, 0) is 6.42 Å². The summed E-state index contributed by atoms with van der Waals surface area (Å²) in [4.78, 5) is 0. The first kappa shape index (κ1) is 14.8. The normalized spacial score (nSPS) is 9.83. The van der Waals surface area contributed by atoms with E-state index >= 15 is 0 Å². The van der Waals surface area contributed by atoms with Gasteiger partial charge in [0.15, 0.2) is 0 Å². The summed E-state index contributed by atoms with van der Waals surface area (Å²) in [5, 5.41) is 0.812. The summed E-state index contributed by atoms with van der Waals surface area (Å²) in [6, 6.07) is 18.4. The van der Waals surface area contributed by atoms with Crippen LogP contribution in [0.3, 0.4) is 0 Å². The molecule has 0 radical (unpaired) electrons. The third-order valence-electron chi connectivity index (χ3n) is 2.79. The van der Waals surface area contributed by atoms with Crippen molar-refractivity contribution in [2.24, 2.45) is 0 Å². The fourth-order valence-electron chi connectivity index (χ4n) is 1.56. The van der Waals surface area contributed by atoms with E-state index in [0.717, 1.165) is 11.4 Å². The molecule has 0 atom stereocenters. The Kier molecular flexibility index (Phi) is 6.53. The molecule has 0 aliphatic rings. The Morgan fingerprint density at radius 2 is 1.44 bits per heavy atom. The van der Waals surface area contributed by atoms with E-state index in [9.17, 15) is 0 Å². The predicted molar refractivity (Wildman–Crippen MR) is 81.4 cm³/mol. The zero-order chi connectivity index (χ0) is 13.4. The maximum atomic E-state index is 5.67. The van der Waals surface area contributed by atoms with Crippen molar-refractivity contribution in [1.29, 1.82) is 0 Å². The summed E-state index contributed by atoms with van der Waals surface area (Å²) in [6.07, 6.45) is 1.08. The van der Waals surface area contributed by atoms with Crippen molar-refractivity contribution in [3.05, 3.63) is 70.7 Å². The van der Waals surface area contributed by atoms with Crippen LogP contribution in [0.1, 0.15) is 37.8 Å². The van der Waals surface area contributed by atoms with Gasteiger partial charge in [0, 0.05) is 5.02 Å². The van der Waals surface area contributed by atoms with Gasteiger partial charge in [-0.05, 0) is 35.6 Å². The summed E-state index contributed by atoms with van der Waals surface area (Å²) in [5.41, 5.74) is 2.75. The van der Waals surface area contributed by atoms with Crippen molar-refractivity contribution in [3.8, 4) is 0 Å². The van der Waals surface area contributed by atoms with E-state index in [1.54, 1.807) is 0 Å². The lowest BCUT2D eigenvalue weighted by molar-refractivity contribution is 0.867. The molecule has 0 heterocycles. The highest BCUT2D eigenvalue weighted by molar-refractivity contribution is 6.30. The van der Waals surface area contributed by atoms with Crippen LogP contribution < -0.4 is 0 Å². The average molecular weight is 261 g/mol. The molecule has 0 saturated heterocycles. The summed E-state index contributed by atoms with van der Waals surface area (Å²) >= 11 is 5.67. The van der Waals surface area contributed by atoms with Gasteiger partial charge in [-0.2, -0.15) is 0 Å². The van der Waals surface area contributed by atoms with Gasteiger partial charge in [0.2, 0.25) is 0 Å². The molecule has 0 unspecified atom stereocenters. The number of aryl methyl sites for hydroxylation is 1. The minimum Gasteiger partial charge on any atom is -0.0843 e. The Labute approximate surface area is 116 Å². The Morgan fingerprint density at radius 1 is 0.889 bits per heavy atom. The fraction of sp³-hybridized carbons (Fsp3) is 0.294. The molecule has 0 aliphatic carbocycles. The van der Waals surface area contributed by atoms with Crippen molar-refractivity contribution in [1.82, 2.24) is 0 Å². The third-order valence-corrected chi connectivity index (χ3v) is 3.04. The van der Waals surface area contributed by atoms with Crippen LogP contribution in [0, 0.1) is 0 Å². The van der Waals surface area contributed by atoms with Crippen molar-refractivity contribution in [2.45, 2.75) is 33.1 Å². The Morgan fingerprint density at radius 3 is 1.83 bits per heavy atom. The van der Waals surface area contributed by atoms with Gasteiger partial charge in [-0.25, -0.2) is 0 Å². The first-order valence-electron chi connectivity index (χ1n) is 6.43. The highest BCUT2D eigenvalue weighted by atomic mass is 35.5. The highest BCUT2D eigenvalue weighted by Crippen LogP contribution is 2.11. The molecule has 0 bridgehead atoms. The second-order valence-electron chi connectivity index (χ2n) is 4.55. The van der Waals surface area contributed by atoms with Crippen LogP contribution in [0.5, 0.6) is 0 Å². The van der Waals surface area contributed by atoms with Crippen LogP contribution >= 0.6 is 11.6 Å². The minimum atomic E-state index is 0.659. The molecule has 1 heteroatoms. The molecule has 2 aromatic rings. The van der Waals surface area contributed by atoms with E-state index in [4.69, 9.17) is 11.6 Å². The summed E-state index contributed by atoms with van der Waals surface area (Å²) in [7, 11) is 0. The van der Waals surface area contributed by atoms with E-state index < -0.39 is 0 Å². The topological polar surface area (TPSA) is 0 Å². The Bertz CT molecular complexity index is 429. The largest absolute Gasteiger partial charge is 0.0843 e. The second-order valence-corrected chi connectivity index (χ2v) is 4.98. The van der Waals surface area contributed by atoms with Gasteiger partial charge >= 0.3 is 0 Å².